The number of ether oxygens (including phenoxy) is 1. The fourth-order valence-electron chi connectivity index (χ4n) is 2.42. The van der Waals surface area contributed by atoms with Crippen LogP contribution in [0.1, 0.15) is 24.2 Å². The second-order valence-corrected chi connectivity index (χ2v) is 5.32. The number of para-hydroxylation sites is 1. The number of likely N-dealkylation sites (N-methyl/N-ethyl adjacent to an activating group) is 1. The van der Waals surface area contributed by atoms with Crippen LogP contribution in [0.3, 0.4) is 0 Å². The topological polar surface area (TPSA) is 32.7 Å². The number of rotatable bonds is 6. The highest BCUT2D eigenvalue weighted by atomic mass is 16.5. The summed E-state index contributed by atoms with van der Waals surface area (Å²) in [4.78, 5) is 2.13. The average molecular weight is 285 g/mol. The molecule has 1 N–H and O–H groups in total. The van der Waals surface area contributed by atoms with Gasteiger partial charge in [-0.2, -0.15) is 0 Å². The van der Waals surface area contributed by atoms with E-state index >= 15 is 0 Å². The van der Waals surface area contributed by atoms with Crippen molar-refractivity contribution in [3.05, 3.63) is 65.7 Å². The van der Waals surface area contributed by atoms with Crippen molar-refractivity contribution >= 4 is 0 Å². The molecule has 21 heavy (non-hydrogen) atoms. The van der Waals surface area contributed by atoms with Crippen molar-refractivity contribution in [1.82, 2.24) is 4.90 Å². The summed E-state index contributed by atoms with van der Waals surface area (Å²) in [6.45, 7) is 2.77. The van der Waals surface area contributed by atoms with Gasteiger partial charge < -0.3 is 9.84 Å². The highest BCUT2D eigenvalue weighted by molar-refractivity contribution is 5.33. The van der Waals surface area contributed by atoms with Crippen molar-refractivity contribution in [2.75, 3.05) is 14.2 Å². The molecule has 0 spiro atoms. The van der Waals surface area contributed by atoms with Crippen molar-refractivity contribution in [2.24, 2.45) is 0 Å². The Morgan fingerprint density at radius 3 is 2.33 bits per heavy atom. The van der Waals surface area contributed by atoms with Gasteiger partial charge in [0.25, 0.3) is 0 Å². The zero-order valence-electron chi connectivity index (χ0n) is 12.9. The molecule has 2 atom stereocenters. The van der Waals surface area contributed by atoms with Gasteiger partial charge in [0.05, 0.1) is 13.2 Å². The van der Waals surface area contributed by atoms with E-state index in [2.05, 4.69) is 11.0 Å². The summed E-state index contributed by atoms with van der Waals surface area (Å²) in [5.74, 6) is 0.880. The number of methoxy groups -OCH3 is 1. The normalized spacial score (nSPS) is 14.0. The minimum Gasteiger partial charge on any atom is -0.496 e. The maximum Gasteiger partial charge on any atom is 0.123 e. The average Bonchev–Trinajstić information content (AvgIpc) is 2.54. The van der Waals surface area contributed by atoms with Crippen LogP contribution in [0.4, 0.5) is 0 Å². The van der Waals surface area contributed by atoms with Crippen LogP contribution in [0.25, 0.3) is 0 Å². The number of benzene rings is 2. The van der Waals surface area contributed by atoms with Crippen molar-refractivity contribution in [3.63, 3.8) is 0 Å². The molecule has 2 unspecified atom stereocenters. The summed E-state index contributed by atoms with van der Waals surface area (Å²) in [6, 6.07) is 17.8. The van der Waals surface area contributed by atoms with Crippen LogP contribution in [0.5, 0.6) is 5.75 Å². The van der Waals surface area contributed by atoms with Gasteiger partial charge in [0.1, 0.15) is 5.75 Å². The Bertz CT molecular complexity index is 556. The van der Waals surface area contributed by atoms with Crippen LogP contribution in [-0.4, -0.2) is 30.2 Å². The molecule has 2 aromatic carbocycles. The molecular formula is C18H23NO2. The molecule has 3 heteroatoms. The summed E-state index contributed by atoms with van der Waals surface area (Å²) >= 11 is 0. The molecule has 0 heterocycles. The first-order chi connectivity index (χ1) is 10.1. The lowest BCUT2D eigenvalue weighted by atomic mass is 10.0. The van der Waals surface area contributed by atoms with Crippen LogP contribution in [0, 0.1) is 0 Å². The van der Waals surface area contributed by atoms with E-state index < -0.39 is 6.10 Å². The van der Waals surface area contributed by atoms with Gasteiger partial charge in [-0.3, -0.25) is 4.90 Å². The van der Waals surface area contributed by atoms with Gasteiger partial charge in [0, 0.05) is 18.2 Å². The monoisotopic (exact) mass is 285 g/mol. The van der Waals surface area contributed by atoms with Crippen LogP contribution in [0.15, 0.2) is 54.6 Å². The number of nitrogens with zero attached hydrogens (tertiary/aromatic N) is 1. The smallest absolute Gasteiger partial charge is 0.123 e. The SMILES string of the molecule is COc1ccccc1CN(C)C(C)C(O)c1ccccc1. The zero-order chi connectivity index (χ0) is 15.2. The van der Waals surface area contributed by atoms with Gasteiger partial charge in [0.15, 0.2) is 0 Å². The molecule has 3 nitrogen and oxygen atoms in total. The highest BCUT2D eigenvalue weighted by Gasteiger charge is 2.21. The lowest BCUT2D eigenvalue weighted by Gasteiger charge is -2.29. The maximum atomic E-state index is 10.5. The van der Waals surface area contributed by atoms with Crippen molar-refractivity contribution in [3.8, 4) is 5.75 Å². The third kappa shape index (κ3) is 3.84. The lowest BCUT2D eigenvalue weighted by molar-refractivity contribution is 0.0684. The predicted octanol–water partition coefficient (Wildman–Crippen LogP) is 3.25. The minimum atomic E-state index is -0.508. The Kier molecular flexibility index (Phi) is 5.37. The van der Waals surface area contributed by atoms with Gasteiger partial charge in [-0.25, -0.2) is 0 Å². The van der Waals surface area contributed by atoms with Crippen LogP contribution in [0.2, 0.25) is 0 Å². The van der Waals surface area contributed by atoms with E-state index in [9.17, 15) is 5.11 Å². The molecule has 0 fully saturated rings. The molecule has 0 bridgehead atoms. The standard InChI is InChI=1S/C18H23NO2/c1-14(18(20)15-9-5-4-6-10-15)19(2)13-16-11-7-8-12-17(16)21-3/h4-12,14,18,20H,13H2,1-3H3. The first-order valence-electron chi connectivity index (χ1n) is 7.18. The molecule has 0 radical (unpaired) electrons. The Labute approximate surface area is 126 Å². The van der Waals surface area contributed by atoms with E-state index in [0.717, 1.165) is 23.4 Å². The van der Waals surface area contributed by atoms with Gasteiger partial charge in [-0.05, 0) is 25.6 Å². The fourth-order valence-corrected chi connectivity index (χ4v) is 2.42. The maximum absolute atomic E-state index is 10.5. The molecule has 0 aliphatic carbocycles. The summed E-state index contributed by atoms with van der Waals surface area (Å²) in [5.41, 5.74) is 2.06. The number of hydrogen-bond donors (Lipinski definition) is 1. The largest absolute Gasteiger partial charge is 0.496 e. The Balaban J connectivity index is 2.07. The van der Waals surface area contributed by atoms with Crippen molar-refractivity contribution < 1.29 is 9.84 Å². The van der Waals surface area contributed by atoms with Crippen molar-refractivity contribution in [1.29, 1.82) is 0 Å². The molecule has 2 rings (SSSR count). The summed E-state index contributed by atoms with van der Waals surface area (Å²) < 4.78 is 5.38. The second-order valence-electron chi connectivity index (χ2n) is 5.32. The lowest BCUT2D eigenvalue weighted by Crippen LogP contribution is -2.34. The van der Waals surface area contributed by atoms with Gasteiger partial charge >= 0.3 is 0 Å². The van der Waals surface area contributed by atoms with Gasteiger partial charge in [-0.1, -0.05) is 48.5 Å². The van der Waals surface area contributed by atoms with E-state index in [-0.39, 0.29) is 6.04 Å². The Hall–Kier alpha value is -1.84. The van der Waals surface area contributed by atoms with E-state index in [1.54, 1.807) is 7.11 Å². The summed E-state index contributed by atoms with van der Waals surface area (Å²) in [7, 11) is 3.70. The molecule has 0 aromatic heterocycles. The third-order valence-corrected chi connectivity index (χ3v) is 3.91. The Morgan fingerprint density at radius 2 is 1.67 bits per heavy atom. The van der Waals surface area contributed by atoms with E-state index in [1.165, 1.54) is 0 Å². The van der Waals surface area contributed by atoms with Crippen LogP contribution in [-0.2, 0) is 6.54 Å². The van der Waals surface area contributed by atoms with Crippen LogP contribution >= 0.6 is 0 Å². The zero-order valence-corrected chi connectivity index (χ0v) is 12.9. The second kappa shape index (κ2) is 7.25. The molecule has 0 saturated heterocycles. The number of aliphatic hydroxyl groups is 1. The third-order valence-electron chi connectivity index (χ3n) is 3.91. The molecule has 0 aliphatic heterocycles. The van der Waals surface area contributed by atoms with E-state index in [4.69, 9.17) is 4.74 Å². The summed E-state index contributed by atoms with van der Waals surface area (Å²) in [5, 5.41) is 10.5. The van der Waals surface area contributed by atoms with Gasteiger partial charge in [-0.15, -0.1) is 0 Å². The molecular weight excluding hydrogens is 262 g/mol. The molecule has 0 amide bonds. The fraction of sp³-hybridized carbons (Fsp3) is 0.333. The first-order valence-corrected chi connectivity index (χ1v) is 7.18. The summed E-state index contributed by atoms with van der Waals surface area (Å²) in [6.07, 6.45) is -0.508. The molecule has 112 valence electrons. The number of hydrogen-bond acceptors (Lipinski definition) is 3. The predicted molar refractivity (Wildman–Crippen MR) is 85.3 cm³/mol. The van der Waals surface area contributed by atoms with Crippen LogP contribution < -0.4 is 4.74 Å². The number of aliphatic hydroxyl groups excluding tert-OH is 1. The van der Waals surface area contributed by atoms with E-state index in [1.807, 2.05) is 62.5 Å². The molecule has 2 aromatic rings. The quantitative estimate of drug-likeness (QED) is 0.884. The van der Waals surface area contributed by atoms with Gasteiger partial charge in [0.2, 0.25) is 0 Å². The highest BCUT2D eigenvalue weighted by Crippen LogP contribution is 2.24. The Morgan fingerprint density at radius 1 is 1.05 bits per heavy atom. The molecule has 0 saturated carbocycles. The van der Waals surface area contributed by atoms with Crippen molar-refractivity contribution in [2.45, 2.75) is 25.6 Å². The first kappa shape index (κ1) is 15.5. The van der Waals surface area contributed by atoms with E-state index in [0.29, 0.717) is 0 Å². The molecule has 0 aliphatic rings. The minimum absolute atomic E-state index is 0.0114.